The first-order chi connectivity index (χ1) is 11.7. The molecule has 2 amide bonds. The van der Waals surface area contributed by atoms with Crippen LogP contribution >= 0.6 is 0 Å². The Morgan fingerprint density at radius 3 is 2.04 bits per heavy atom. The SMILES string of the molecule is O=C1c2ccccc2C(=O)N1OC(=O)C(F)(F)c1ccc(F)cc1F. The second kappa shape index (κ2) is 5.69. The molecule has 0 radical (unpaired) electrons. The first-order valence-electron chi connectivity index (χ1n) is 6.77. The number of rotatable bonds is 3. The number of fused-ring (bicyclic) bond motifs is 1. The standard InChI is InChI=1S/C16H7F4NO4/c17-8-5-6-11(12(18)7-8)16(19,20)15(24)25-21-13(22)9-3-1-2-4-10(9)14(21)23/h1-7H. The predicted octanol–water partition coefficient (Wildman–Crippen LogP) is 2.81. The molecule has 0 N–H and O–H groups in total. The van der Waals surface area contributed by atoms with Crippen LogP contribution < -0.4 is 0 Å². The molecule has 1 aliphatic rings. The monoisotopic (exact) mass is 353 g/mol. The highest BCUT2D eigenvalue weighted by atomic mass is 19.3. The molecule has 3 rings (SSSR count). The van der Waals surface area contributed by atoms with Gasteiger partial charge in [0, 0.05) is 6.07 Å². The lowest BCUT2D eigenvalue weighted by Crippen LogP contribution is -2.39. The smallest absolute Gasteiger partial charge is 0.323 e. The van der Waals surface area contributed by atoms with Gasteiger partial charge in [0.2, 0.25) is 0 Å². The molecule has 1 heterocycles. The van der Waals surface area contributed by atoms with E-state index in [-0.39, 0.29) is 22.3 Å². The van der Waals surface area contributed by atoms with Crippen LogP contribution in [0.3, 0.4) is 0 Å². The average Bonchev–Trinajstić information content (AvgIpc) is 2.80. The van der Waals surface area contributed by atoms with E-state index < -0.39 is 40.9 Å². The summed E-state index contributed by atoms with van der Waals surface area (Å²) < 4.78 is 54.5. The zero-order chi connectivity index (χ0) is 18.4. The molecule has 0 aliphatic carbocycles. The van der Waals surface area contributed by atoms with Crippen molar-refractivity contribution in [3.05, 3.63) is 70.8 Å². The van der Waals surface area contributed by atoms with Crippen molar-refractivity contribution in [2.45, 2.75) is 5.92 Å². The minimum Gasteiger partial charge on any atom is -0.323 e. The van der Waals surface area contributed by atoms with Crippen LogP contribution in [0.1, 0.15) is 26.3 Å². The van der Waals surface area contributed by atoms with Gasteiger partial charge in [-0.1, -0.05) is 17.2 Å². The normalized spacial score (nSPS) is 13.8. The summed E-state index contributed by atoms with van der Waals surface area (Å²) >= 11 is 0. The van der Waals surface area contributed by atoms with Gasteiger partial charge in [-0.3, -0.25) is 9.59 Å². The molecule has 9 heteroatoms. The lowest BCUT2D eigenvalue weighted by molar-refractivity contribution is -0.198. The molecule has 0 atom stereocenters. The first kappa shape index (κ1) is 16.6. The molecule has 0 unspecified atom stereocenters. The van der Waals surface area contributed by atoms with Gasteiger partial charge in [-0.05, 0) is 24.3 Å². The fourth-order valence-corrected chi connectivity index (χ4v) is 2.24. The number of halogens is 4. The summed E-state index contributed by atoms with van der Waals surface area (Å²) in [5.74, 6) is -11.9. The van der Waals surface area contributed by atoms with E-state index >= 15 is 0 Å². The van der Waals surface area contributed by atoms with Gasteiger partial charge in [-0.25, -0.2) is 13.6 Å². The molecule has 0 spiro atoms. The number of benzene rings is 2. The summed E-state index contributed by atoms with van der Waals surface area (Å²) in [5, 5.41) is -0.123. The third kappa shape index (κ3) is 2.63. The maximum absolute atomic E-state index is 14.1. The Labute approximate surface area is 137 Å². The van der Waals surface area contributed by atoms with Crippen molar-refractivity contribution in [2.75, 3.05) is 0 Å². The highest BCUT2D eigenvalue weighted by molar-refractivity contribution is 6.20. The van der Waals surface area contributed by atoms with Crippen LogP contribution in [-0.4, -0.2) is 22.8 Å². The fourth-order valence-electron chi connectivity index (χ4n) is 2.24. The van der Waals surface area contributed by atoms with Crippen molar-refractivity contribution < 1.29 is 36.8 Å². The zero-order valence-corrected chi connectivity index (χ0v) is 12.1. The van der Waals surface area contributed by atoms with Crippen molar-refractivity contribution in [3.8, 4) is 0 Å². The fraction of sp³-hybridized carbons (Fsp3) is 0.0625. The van der Waals surface area contributed by atoms with Crippen LogP contribution in [0.25, 0.3) is 0 Å². The summed E-state index contributed by atoms with van der Waals surface area (Å²) in [5.41, 5.74) is -1.70. The van der Waals surface area contributed by atoms with Gasteiger partial charge in [0.25, 0.3) is 11.8 Å². The number of hydrogen-bond donors (Lipinski definition) is 0. The van der Waals surface area contributed by atoms with Gasteiger partial charge < -0.3 is 4.84 Å². The summed E-state index contributed by atoms with van der Waals surface area (Å²) in [6.45, 7) is 0. The van der Waals surface area contributed by atoms with Crippen LogP contribution in [0, 0.1) is 11.6 Å². The Hall–Kier alpha value is -3.23. The number of hydrogen-bond acceptors (Lipinski definition) is 4. The number of imide groups is 1. The van der Waals surface area contributed by atoms with E-state index in [1.807, 2.05) is 0 Å². The molecular weight excluding hydrogens is 346 g/mol. The Bertz CT molecular complexity index is 878. The van der Waals surface area contributed by atoms with Crippen molar-refractivity contribution in [1.82, 2.24) is 5.06 Å². The molecule has 0 bridgehead atoms. The third-order valence-corrected chi connectivity index (χ3v) is 3.46. The molecule has 1 aliphatic heterocycles. The average molecular weight is 353 g/mol. The second-order valence-electron chi connectivity index (χ2n) is 5.03. The Kier molecular flexibility index (Phi) is 3.78. The van der Waals surface area contributed by atoms with E-state index in [1.54, 1.807) is 0 Å². The van der Waals surface area contributed by atoms with Gasteiger partial charge in [0.15, 0.2) is 0 Å². The summed E-state index contributed by atoms with van der Waals surface area (Å²) in [7, 11) is 0. The van der Waals surface area contributed by atoms with Crippen molar-refractivity contribution >= 4 is 17.8 Å². The molecule has 25 heavy (non-hydrogen) atoms. The molecule has 0 fully saturated rings. The van der Waals surface area contributed by atoms with Crippen LogP contribution in [0.4, 0.5) is 17.6 Å². The van der Waals surface area contributed by atoms with Crippen molar-refractivity contribution in [3.63, 3.8) is 0 Å². The van der Waals surface area contributed by atoms with Crippen LogP contribution in [0.15, 0.2) is 42.5 Å². The maximum Gasteiger partial charge on any atom is 0.407 e. The van der Waals surface area contributed by atoms with Gasteiger partial charge in [-0.15, -0.1) is 0 Å². The third-order valence-electron chi connectivity index (χ3n) is 3.46. The molecule has 128 valence electrons. The van der Waals surface area contributed by atoms with Crippen LogP contribution in [0.5, 0.6) is 0 Å². The lowest BCUT2D eigenvalue weighted by atomic mass is 10.1. The second-order valence-corrected chi connectivity index (χ2v) is 5.03. The van der Waals surface area contributed by atoms with Gasteiger partial charge in [0.05, 0.1) is 16.7 Å². The van der Waals surface area contributed by atoms with Crippen LogP contribution in [0.2, 0.25) is 0 Å². The topological polar surface area (TPSA) is 63.7 Å². The number of carbonyl (C=O) groups excluding carboxylic acids is 3. The van der Waals surface area contributed by atoms with Crippen LogP contribution in [-0.2, 0) is 15.6 Å². The summed E-state index contributed by atoms with van der Waals surface area (Å²) in [6.07, 6.45) is 0. The number of carbonyl (C=O) groups is 3. The summed E-state index contributed by atoms with van der Waals surface area (Å²) in [4.78, 5) is 39.9. The highest BCUT2D eigenvalue weighted by Gasteiger charge is 2.49. The largest absolute Gasteiger partial charge is 0.407 e. The number of alkyl halides is 2. The number of amides is 2. The number of nitrogens with zero attached hydrogens (tertiary/aromatic N) is 1. The van der Waals surface area contributed by atoms with Crippen molar-refractivity contribution in [2.24, 2.45) is 0 Å². The Morgan fingerprint density at radius 2 is 1.52 bits per heavy atom. The molecule has 0 saturated heterocycles. The number of hydroxylamine groups is 2. The molecule has 2 aromatic rings. The summed E-state index contributed by atoms with van der Waals surface area (Å²) in [6, 6.07) is 6.42. The highest BCUT2D eigenvalue weighted by Crippen LogP contribution is 2.33. The maximum atomic E-state index is 14.1. The van der Waals surface area contributed by atoms with E-state index in [9.17, 15) is 31.9 Å². The predicted molar refractivity (Wildman–Crippen MR) is 73.3 cm³/mol. The molecule has 0 saturated carbocycles. The molecule has 0 aromatic heterocycles. The van der Waals surface area contributed by atoms with E-state index in [0.29, 0.717) is 12.1 Å². The minimum absolute atomic E-state index is 0.123. The Balaban J connectivity index is 1.87. The van der Waals surface area contributed by atoms with E-state index in [0.717, 1.165) is 0 Å². The van der Waals surface area contributed by atoms with Gasteiger partial charge in [0.1, 0.15) is 11.6 Å². The Morgan fingerprint density at radius 1 is 0.960 bits per heavy atom. The first-order valence-corrected chi connectivity index (χ1v) is 6.77. The van der Waals surface area contributed by atoms with E-state index in [1.165, 1.54) is 24.3 Å². The van der Waals surface area contributed by atoms with E-state index in [4.69, 9.17) is 0 Å². The van der Waals surface area contributed by atoms with Crippen molar-refractivity contribution in [1.29, 1.82) is 0 Å². The van der Waals surface area contributed by atoms with Gasteiger partial charge in [-0.2, -0.15) is 8.78 Å². The molecular formula is C16H7F4NO4. The minimum atomic E-state index is -4.55. The molecule has 2 aromatic carbocycles. The van der Waals surface area contributed by atoms with E-state index in [2.05, 4.69) is 4.84 Å². The van der Waals surface area contributed by atoms with Gasteiger partial charge >= 0.3 is 11.9 Å². The zero-order valence-electron chi connectivity index (χ0n) is 12.1. The lowest BCUT2D eigenvalue weighted by Gasteiger charge is -2.19. The molecule has 5 nitrogen and oxygen atoms in total. The quantitative estimate of drug-likeness (QED) is 0.629.